The van der Waals surface area contributed by atoms with Crippen LogP contribution in [0.5, 0.6) is 0 Å². The maximum atomic E-state index is 13.0. The number of alkyl carbamates (subject to hydrolysis) is 1. The molecule has 0 radical (unpaired) electrons. The van der Waals surface area contributed by atoms with Crippen molar-refractivity contribution in [2.45, 2.75) is 60.5 Å². The quantitative estimate of drug-likeness (QED) is 0.386. The maximum absolute atomic E-state index is 13.0. The highest BCUT2D eigenvalue weighted by Gasteiger charge is 2.36. The molecule has 5 nitrogen and oxygen atoms in total. The number of halogens is 4. The summed E-state index contributed by atoms with van der Waals surface area (Å²) in [7, 11) is 1.16. The zero-order valence-corrected chi connectivity index (χ0v) is 19.9. The highest BCUT2D eigenvalue weighted by Crippen LogP contribution is 2.38. The van der Waals surface area contributed by atoms with Gasteiger partial charge in [0.05, 0.1) is 12.7 Å². The number of carboxylic acid groups (broad SMARTS) is 1. The van der Waals surface area contributed by atoms with Gasteiger partial charge >= 0.3 is 18.2 Å². The zero-order chi connectivity index (χ0) is 24.8. The van der Waals surface area contributed by atoms with Gasteiger partial charge in [-0.1, -0.05) is 42.4 Å². The number of ether oxygens (including phenoxy) is 1. The summed E-state index contributed by atoms with van der Waals surface area (Å²) < 4.78 is 43.4. The van der Waals surface area contributed by atoms with E-state index >= 15 is 0 Å². The normalized spacial score (nSPS) is 14.3. The highest BCUT2D eigenvalue weighted by molar-refractivity contribution is 7.99. The minimum Gasteiger partial charge on any atom is -0.480 e. The van der Waals surface area contributed by atoms with Crippen LogP contribution in [0.4, 0.5) is 18.0 Å². The van der Waals surface area contributed by atoms with Gasteiger partial charge < -0.3 is 15.2 Å². The molecule has 0 heterocycles. The lowest BCUT2D eigenvalue weighted by atomic mass is 9.86. The Morgan fingerprint density at radius 2 is 1.85 bits per heavy atom. The summed E-state index contributed by atoms with van der Waals surface area (Å²) in [6.07, 6.45) is -3.99. The Morgan fingerprint density at radius 1 is 1.18 bits per heavy atom. The van der Waals surface area contributed by atoms with Gasteiger partial charge in [-0.25, -0.2) is 9.59 Å². The number of carbonyl (C=O) groups is 2. The Hall–Kier alpha value is -2.39. The van der Waals surface area contributed by atoms with Crippen molar-refractivity contribution in [1.82, 2.24) is 5.32 Å². The van der Waals surface area contributed by atoms with E-state index in [0.717, 1.165) is 24.8 Å². The van der Waals surface area contributed by atoms with E-state index < -0.39 is 29.3 Å². The molecular weight excluding hydrogens is 479 g/mol. The summed E-state index contributed by atoms with van der Waals surface area (Å²) in [5.74, 6) is -1.26. The molecule has 0 saturated carbocycles. The average molecular weight is 504 g/mol. The van der Waals surface area contributed by atoms with Gasteiger partial charge in [-0.3, -0.25) is 0 Å². The Bertz CT molecular complexity index is 1000. The summed E-state index contributed by atoms with van der Waals surface area (Å²) in [5.41, 5.74) is -1.42. The third kappa shape index (κ3) is 7.30. The number of carbonyl (C=O) groups excluding carboxylic acids is 1. The molecule has 2 rings (SSSR count). The summed E-state index contributed by atoms with van der Waals surface area (Å²) >= 11 is 7.66. The summed E-state index contributed by atoms with van der Waals surface area (Å²) in [4.78, 5) is 24.4. The summed E-state index contributed by atoms with van der Waals surface area (Å²) in [5, 5.41) is 12.4. The number of methoxy groups -OCH3 is 1. The molecule has 0 spiro atoms. The van der Waals surface area contributed by atoms with E-state index in [4.69, 9.17) is 11.6 Å². The van der Waals surface area contributed by atoms with E-state index in [0.29, 0.717) is 27.7 Å². The van der Waals surface area contributed by atoms with Gasteiger partial charge in [-0.2, -0.15) is 13.2 Å². The van der Waals surface area contributed by atoms with Crippen LogP contribution in [0.25, 0.3) is 0 Å². The fourth-order valence-corrected chi connectivity index (χ4v) is 4.63. The largest absolute Gasteiger partial charge is 0.480 e. The average Bonchev–Trinajstić information content (AvgIpc) is 2.74. The molecule has 180 valence electrons. The first kappa shape index (κ1) is 26.9. The number of carboxylic acids is 1. The standard InChI is InChI=1S/C23H25ClF3NO4S/c1-4-14(10-11-22(2,20(29)30)28-21(31)32-3)18-9-8-17(13-19(18)24)33-16-7-5-6-15(12-16)23(25,26)27/h5-9,12-14H,4,10-11H2,1-3H3,(H,28,31)(H,29,30). The lowest BCUT2D eigenvalue weighted by Gasteiger charge is -2.28. The van der Waals surface area contributed by atoms with Crippen molar-refractivity contribution < 1.29 is 32.6 Å². The smallest absolute Gasteiger partial charge is 0.416 e. The predicted octanol–water partition coefficient (Wildman–Crippen LogP) is 6.98. The first-order chi connectivity index (χ1) is 15.4. The first-order valence-corrected chi connectivity index (χ1v) is 11.3. The molecule has 2 aromatic carbocycles. The minimum absolute atomic E-state index is 0.0803. The molecule has 33 heavy (non-hydrogen) atoms. The van der Waals surface area contributed by atoms with Gasteiger partial charge in [-0.05, 0) is 68.0 Å². The number of amides is 1. The number of rotatable bonds is 9. The number of alkyl halides is 3. The van der Waals surface area contributed by atoms with Gasteiger partial charge in [0.2, 0.25) is 0 Å². The van der Waals surface area contributed by atoms with E-state index in [1.165, 1.54) is 24.8 Å². The second-order valence-electron chi connectivity index (χ2n) is 7.71. The topological polar surface area (TPSA) is 75.6 Å². The maximum Gasteiger partial charge on any atom is 0.416 e. The third-order valence-electron chi connectivity index (χ3n) is 5.33. The zero-order valence-electron chi connectivity index (χ0n) is 18.3. The first-order valence-electron chi connectivity index (χ1n) is 10.1. The van der Waals surface area contributed by atoms with Crippen LogP contribution < -0.4 is 5.32 Å². The van der Waals surface area contributed by atoms with Crippen LogP contribution in [0, 0.1) is 0 Å². The third-order valence-corrected chi connectivity index (χ3v) is 6.64. The Morgan fingerprint density at radius 3 is 2.39 bits per heavy atom. The molecule has 0 aliphatic rings. The number of benzene rings is 2. The Kier molecular flexibility index (Phi) is 9.08. The van der Waals surface area contributed by atoms with Gasteiger partial charge in [0.25, 0.3) is 0 Å². The second kappa shape index (κ2) is 11.2. The van der Waals surface area contributed by atoms with E-state index in [-0.39, 0.29) is 12.3 Å². The van der Waals surface area contributed by atoms with Crippen LogP contribution in [0.15, 0.2) is 52.3 Å². The van der Waals surface area contributed by atoms with Crippen LogP contribution in [0.1, 0.15) is 50.2 Å². The molecule has 0 aliphatic carbocycles. The molecule has 10 heteroatoms. The molecule has 2 atom stereocenters. The molecule has 0 fully saturated rings. The Balaban J connectivity index is 2.17. The lowest BCUT2D eigenvalue weighted by Crippen LogP contribution is -2.52. The van der Waals surface area contributed by atoms with E-state index in [1.54, 1.807) is 24.3 Å². The van der Waals surface area contributed by atoms with Crippen LogP contribution in [0.2, 0.25) is 5.02 Å². The predicted molar refractivity (Wildman–Crippen MR) is 121 cm³/mol. The highest BCUT2D eigenvalue weighted by atomic mass is 35.5. The van der Waals surface area contributed by atoms with Crippen molar-refractivity contribution in [2.24, 2.45) is 0 Å². The van der Waals surface area contributed by atoms with Crippen LogP contribution in [-0.4, -0.2) is 29.8 Å². The Labute approximate surface area is 199 Å². The number of nitrogens with one attached hydrogen (secondary N) is 1. The number of hydrogen-bond donors (Lipinski definition) is 2. The molecule has 2 unspecified atom stereocenters. The number of hydrogen-bond acceptors (Lipinski definition) is 4. The van der Waals surface area contributed by atoms with Gasteiger partial charge in [0.1, 0.15) is 5.54 Å². The van der Waals surface area contributed by atoms with Gasteiger partial charge in [0, 0.05) is 14.8 Å². The van der Waals surface area contributed by atoms with E-state index in [2.05, 4.69) is 10.1 Å². The van der Waals surface area contributed by atoms with Crippen molar-refractivity contribution in [2.75, 3.05) is 7.11 Å². The van der Waals surface area contributed by atoms with Crippen molar-refractivity contribution in [3.05, 3.63) is 58.6 Å². The number of aliphatic carboxylic acids is 1. The SMILES string of the molecule is CCC(CCC(C)(NC(=O)OC)C(=O)O)c1ccc(Sc2cccc(C(F)(F)F)c2)cc1Cl. The van der Waals surface area contributed by atoms with Crippen molar-refractivity contribution >= 4 is 35.4 Å². The fraction of sp³-hybridized carbons (Fsp3) is 0.391. The minimum atomic E-state index is -4.42. The molecule has 2 aromatic rings. The van der Waals surface area contributed by atoms with Crippen molar-refractivity contribution in [3.63, 3.8) is 0 Å². The summed E-state index contributed by atoms with van der Waals surface area (Å²) in [6.45, 7) is 3.35. The molecule has 0 aliphatic heterocycles. The second-order valence-corrected chi connectivity index (χ2v) is 9.26. The van der Waals surface area contributed by atoms with Gasteiger partial charge in [0.15, 0.2) is 0 Å². The van der Waals surface area contributed by atoms with Crippen LogP contribution in [0.3, 0.4) is 0 Å². The van der Waals surface area contributed by atoms with E-state index in [1.807, 2.05) is 6.92 Å². The molecule has 1 amide bonds. The van der Waals surface area contributed by atoms with Crippen molar-refractivity contribution in [3.8, 4) is 0 Å². The van der Waals surface area contributed by atoms with Crippen molar-refractivity contribution in [1.29, 1.82) is 0 Å². The molecule has 0 saturated heterocycles. The van der Waals surface area contributed by atoms with Crippen LogP contribution >= 0.6 is 23.4 Å². The molecule has 0 aromatic heterocycles. The summed E-state index contributed by atoms with van der Waals surface area (Å²) in [6, 6.07) is 10.3. The molecule has 0 bridgehead atoms. The monoisotopic (exact) mass is 503 g/mol. The van der Waals surface area contributed by atoms with E-state index in [9.17, 15) is 27.9 Å². The molecule has 2 N–H and O–H groups in total. The lowest BCUT2D eigenvalue weighted by molar-refractivity contribution is -0.144. The van der Waals surface area contributed by atoms with Gasteiger partial charge in [-0.15, -0.1) is 0 Å². The fourth-order valence-electron chi connectivity index (χ4n) is 3.32. The molecular formula is C23H25ClF3NO4S. The van der Waals surface area contributed by atoms with Crippen LogP contribution in [-0.2, 0) is 15.7 Å².